The van der Waals surface area contributed by atoms with E-state index in [0.717, 1.165) is 28.8 Å². The Morgan fingerprint density at radius 1 is 1.09 bits per heavy atom. The number of methoxy groups -OCH3 is 2. The highest BCUT2D eigenvalue weighted by molar-refractivity contribution is 7.09. The Labute approximate surface area is 202 Å². The molecule has 0 fully saturated rings. The van der Waals surface area contributed by atoms with Gasteiger partial charge in [0.15, 0.2) is 11.5 Å². The number of amides is 2. The lowest BCUT2D eigenvalue weighted by molar-refractivity contribution is -0.129. The molecule has 2 aromatic carbocycles. The fourth-order valence-corrected chi connectivity index (χ4v) is 4.99. The molecule has 34 heavy (non-hydrogen) atoms. The molecule has 0 aliphatic carbocycles. The summed E-state index contributed by atoms with van der Waals surface area (Å²) in [6.07, 6.45) is 0.895. The molecule has 0 saturated heterocycles. The van der Waals surface area contributed by atoms with Gasteiger partial charge in [-0.2, -0.15) is 0 Å². The molecule has 2 heterocycles. The van der Waals surface area contributed by atoms with Crippen molar-refractivity contribution in [1.82, 2.24) is 20.7 Å². The van der Waals surface area contributed by atoms with Crippen LogP contribution < -0.4 is 20.3 Å². The van der Waals surface area contributed by atoms with Crippen LogP contribution >= 0.6 is 11.3 Å². The molecule has 1 atom stereocenters. The number of carbonyl (C=O) groups excluding carboxylic acids is 2. The van der Waals surface area contributed by atoms with Gasteiger partial charge in [-0.3, -0.25) is 25.3 Å². The Hall–Kier alpha value is -3.43. The number of aryl methyl sites for hydroxylation is 1. The highest BCUT2D eigenvalue weighted by Gasteiger charge is 2.31. The van der Waals surface area contributed by atoms with Crippen LogP contribution in [0.1, 0.15) is 33.4 Å². The van der Waals surface area contributed by atoms with Crippen molar-refractivity contribution in [2.45, 2.75) is 25.8 Å². The lowest BCUT2D eigenvalue weighted by Crippen LogP contribution is -2.48. The van der Waals surface area contributed by atoms with Crippen molar-refractivity contribution in [3.05, 3.63) is 75.2 Å². The molecule has 1 aliphatic rings. The van der Waals surface area contributed by atoms with Crippen molar-refractivity contribution in [3.8, 4) is 11.5 Å². The smallest absolute Gasteiger partial charge is 0.252 e. The van der Waals surface area contributed by atoms with E-state index in [1.54, 1.807) is 14.2 Å². The number of carbonyl (C=O) groups is 2. The van der Waals surface area contributed by atoms with E-state index in [4.69, 9.17) is 9.47 Å². The molecule has 0 radical (unpaired) electrons. The molecule has 1 aromatic heterocycles. The molecule has 0 spiro atoms. The number of benzene rings is 2. The molecule has 0 saturated carbocycles. The Bertz CT molecular complexity index is 1160. The number of hydrogen-bond donors (Lipinski definition) is 2. The zero-order valence-corrected chi connectivity index (χ0v) is 20.3. The Morgan fingerprint density at radius 2 is 1.79 bits per heavy atom. The van der Waals surface area contributed by atoms with Crippen molar-refractivity contribution in [1.29, 1.82) is 0 Å². The predicted octanol–water partition coefficient (Wildman–Crippen LogP) is 2.81. The van der Waals surface area contributed by atoms with Gasteiger partial charge in [-0.25, -0.2) is 4.98 Å². The van der Waals surface area contributed by atoms with Gasteiger partial charge in [0, 0.05) is 17.6 Å². The summed E-state index contributed by atoms with van der Waals surface area (Å²) < 4.78 is 11.0. The summed E-state index contributed by atoms with van der Waals surface area (Å²) in [6, 6.07) is 13.9. The quantitative estimate of drug-likeness (QED) is 0.505. The summed E-state index contributed by atoms with van der Waals surface area (Å²) in [7, 11) is 3.24. The topological polar surface area (TPSA) is 92.8 Å². The molecule has 1 aliphatic heterocycles. The zero-order valence-electron chi connectivity index (χ0n) is 19.5. The SMILES string of the molecule is COc1cc2c(cc1OC)C(c1ccccc1)N(CC(=O)NNC(=O)Cc1nc(C)cs1)CC2. The van der Waals surface area contributed by atoms with Gasteiger partial charge in [0.1, 0.15) is 5.01 Å². The fourth-order valence-electron chi connectivity index (χ4n) is 4.22. The normalized spacial score (nSPS) is 15.3. The molecule has 1 unspecified atom stereocenters. The third-order valence-corrected chi connectivity index (χ3v) is 6.72. The molecular weight excluding hydrogens is 452 g/mol. The number of fused-ring (bicyclic) bond motifs is 1. The number of hydrazine groups is 1. The summed E-state index contributed by atoms with van der Waals surface area (Å²) >= 11 is 1.43. The number of rotatable bonds is 7. The van der Waals surface area contributed by atoms with Crippen LogP contribution in [0, 0.1) is 6.92 Å². The first-order chi connectivity index (χ1) is 16.5. The first-order valence-electron chi connectivity index (χ1n) is 11.0. The Morgan fingerprint density at radius 3 is 2.47 bits per heavy atom. The van der Waals surface area contributed by atoms with E-state index >= 15 is 0 Å². The summed E-state index contributed by atoms with van der Waals surface area (Å²) in [5.74, 6) is 0.757. The van der Waals surface area contributed by atoms with Crippen molar-refractivity contribution < 1.29 is 19.1 Å². The second kappa shape index (κ2) is 10.7. The van der Waals surface area contributed by atoms with Crippen molar-refractivity contribution in [3.63, 3.8) is 0 Å². The van der Waals surface area contributed by atoms with Crippen molar-refractivity contribution >= 4 is 23.2 Å². The van der Waals surface area contributed by atoms with Crippen LogP contribution in [0.5, 0.6) is 11.5 Å². The second-order valence-electron chi connectivity index (χ2n) is 8.10. The molecule has 9 heteroatoms. The number of hydrogen-bond acceptors (Lipinski definition) is 7. The van der Waals surface area contributed by atoms with Crippen LogP contribution in [0.25, 0.3) is 0 Å². The largest absolute Gasteiger partial charge is 0.493 e. The van der Waals surface area contributed by atoms with Crippen LogP contribution in [0.3, 0.4) is 0 Å². The van der Waals surface area contributed by atoms with Crippen LogP contribution in [0.4, 0.5) is 0 Å². The number of aromatic nitrogens is 1. The van der Waals surface area contributed by atoms with E-state index in [-0.39, 0.29) is 30.8 Å². The van der Waals surface area contributed by atoms with Crippen molar-refractivity contribution in [2.24, 2.45) is 0 Å². The van der Waals surface area contributed by atoms with Gasteiger partial charge in [0.25, 0.3) is 5.91 Å². The molecule has 0 bridgehead atoms. The van der Waals surface area contributed by atoms with Crippen LogP contribution in [-0.4, -0.2) is 49.0 Å². The van der Waals surface area contributed by atoms with E-state index in [1.807, 2.05) is 42.6 Å². The third-order valence-electron chi connectivity index (χ3n) is 5.76. The van der Waals surface area contributed by atoms with Crippen LogP contribution in [0.15, 0.2) is 47.8 Å². The minimum absolute atomic E-state index is 0.129. The second-order valence-corrected chi connectivity index (χ2v) is 9.04. The van der Waals surface area contributed by atoms with Gasteiger partial charge in [0.05, 0.1) is 33.2 Å². The minimum atomic E-state index is -0.303. The van der Waals surface area contributed by atoms with E-state index < -0.39 is 0 Å². The third kappa shape index (κ3) is 5.37. The maximum atomic E-state index is 12.8. The molecule has 8 nitrogen and oxygen atoms in total. The molecule has 2 amide bonds. The number of nitrogens with one attached hydrogen (secondary N) is 2. The van der Waals surface area contributed by atoms with E-state index in [9.17, 15) is 9.59 Å². The maximum Gasteiger partial charge on any atom is 0.252 e. The van der Waals surface area contributed by atoms with E-state index in [2.05, 4.69) is 32.9 Å². The van der Waals surface area contributed by atoms with Crippen LogP contribution in [-0.2, 0) is 22.4 Å². The predicted molar refractivity (Wildman–Crippen MR) is 130 cm³/mol. The van der Waals surface area contributed by atoms with Gasteiger partial charge < -0.3 is 9.47 Å². The van der Waals surface area contributed by atoms with Gasteiger partial charge in [-0.1, -0.05) is 30.3 Å². The van der Waals surface area contributed by atoms with Crippen LogP contribution in [0.2, 0.25) is 0 Å². The highest BCUT2D eigenvalue weighted by atomic mass is 32.1. The van der Waals surface area contributed by atoms with E-state index in [1.165, 1.54) is 11.3 Å². The number of nitrogens with zero attached hydrogens (tertiary/aromatic N) is 2. The summed E-state index contributed by atoms with van der Waals surface area (Å²) in [6.45, 7) is 2.69. The summed E-state index contributed by atoms with van der Waals surface area (Å²) in [5.41, 5.74) is 9.24. The van der Waals surface area contributed by atoms with Gasteiger partial charge in [-0.05, 0) is 42.2 Å². The standard InChI is InChI=1S/C25H28N4O4S/c1-16-15-34-24(26-16)13-22(30)27-28-23(31)14-29-10-9-18-11-20(32-2)21(33-3)12-19(18)25(29)17-7-5-4-6-8-17/h4-8,11-12,15,25H,9-10,13-14H2,1-3H3,(H,27,30)(H,28,31). The summed E-state index contributed by atoms with van der Waals surface area (Å²) in [4.78, 5) is 31.3. The number of ether oxygens (including phenoxy) is 2. The summed E-state index contributed by atoms with van der Waals surface area (Å²) in [5, 5.41) is 2.61. The number of thiazole rings is 1. The van der Waals surface area contributed by atoms with Gasteiger partial charge in [0.2, 0.25) is 5.91 Å². The average Bonchev–Trinajstić information content (AvgIpc) is 3.26. The average molecular weight is 481 g/mol. The highest BCUT2D eigenvalue weighted by Crippen LogP contribution is 2.40. The monoisotopic (exact) mass is 480 g/mol. The Balaban J connectivity index is 1.49. The van der Waals surface area contributed by atoms with E-state index in [0.29, 0.717) is 23.1 Å². The maximum absolute atomic E-state index is 12.8. The van der Waals surface area contributed by atoms with Gasteiger partial charge >= 0.3 is 0 Å². The van der Waals surface area contributed by atoms with Crippen molar-refractivity contribution in [2.75, 3.05) is 27.3 Å². The molecular formula is C25H28N4O4S. The fraction of sp³-hybridized carbons (Fsp3) is 0.320. The minimum Gasteiger partial charge on any atom is -0.493 e. The molecule has 178 valence electrons. The van der Waals surface area contributed by atoms with Gasteiger partial charge in [-0.15, -0.1) is 11.3 Å². The molecule has 3 aromatic rings. The molecule has 2 N–H and O–H groups in total. The first-order valence-corrected chi connectivity index (χ1v) is 11.9. The zero-order chi connectivity index (χ0) is 24.1. The lowest BCUT2D eigenvalue weighted by Gasteiger charge is -2.37. The molecule has 4 rings (SSSR count). The lowest BCUT2D eigenvalue weighted by atomic mass is 9.87. The Kier molecular flexibility index (Phi) is 7.44. The first kappa shape index (κ1) is 23.7.